The van der Waals surface area contributed by atoms with Crippen LogP contribution in [0, 0.1) is 0 Å². The SMILES string of the molecule is c1ccc(-c2nc3c(ccc4oc5c(-c6ccc(N(c7ccc8c(c7)oc7ccccc78)c7ccc8sc9ccccc9c8c7)cc6)cccc5c43)o2)cc1. The first kappa shape index (κ1) is 30.3. The molecular formula is C49H28N2O3S. The van der Waals surface area contributed by atoms with E-state index in [2.05, 4.69) is 120 Å². The van der Waals surface area contributed by atoms with Crippen molar-refractivity contribution >= 4 is 104 Å². The summed E-state index contributed by atoms with van der Waals surface area (Å²) in [5, 5.41) is 6.70. The van der Waals surface area contributed by atoms with Gasteiger partial charge in [-0.15, -0.1) is 11.3 Å². The van der Waals surface area contributed by atoms with Gasteiger partial charge in [-0.05, 0) is 84.4 Å². The van der Waals surface area contributed by atoms with Gasteiger partial charge >= 0.3 is 0 Å². The number of rotatable bonds is 5. The van der Waals surface area contributed by atoms with Crippen molar-refractivity contribution in [2.45, 2.75) is 0 Å². The Hall–Kier alpha value is -7.15. The standard InChI is InChI=1S/C49H28N2O3S/c1-2-9-30(10-3-1)49-50-47-42(54-49)25-24-41-46(47)38-14-8-13-34(48(38)53-41)29-17-19-31(20-18-29)51(32-22-26-45-39(27-32)37-12-5-7-16-44(37)55-45)33-21-23-36-35-11-4-6-15-40(35)52-43(36)28-33/h1-28H. The second-order valence-corrected chi connectivity index (χ2v) is 15.0. The minimum absolute atomic E-state index is 0.597. The van der Waals surface area contributed by atoms with Crippen LogP contribution in [-0.4, -0.2) is 4.98 Å². The molecule has 8 aromatic carbocycles. The third-order valence-electron chi connectivity index (χ3n) is 10.7. The normalized spacial score (nSPS) is 12.0. The van der Waals surface area contributed by atoms with Crippen molar-refractivity contribution in [3.8, 4) is 22.6 Å². The van der Waals surface area contributed by atoms with Crippen LogP contribution in [0.2, 0.25) is 0 Å². The smallest absolute Gasteiger partial charge is 0.227 e. The van der Waals surface area contributed by atoms with Crippen LogP contribution in [0.5, 0.6) is 0 Å². The Bertz CT molecular complexity index is 3440. The number of thiophene rings is 1. The molecule has 0 radical (unpaired) electrons. The average Bonchev–Trinajstić information content (AvgIpc) is 4.02. The number of oxazole rings is 1. The lowest BCUT2D eigenvalue weighted by molar-refractivity contribution is 0.619. The number of fused-ring (bicyclic) bond motifs is 11. The topological polar surface area (TPSA) is 55.6 Å². The van der Waals surface area contributed by atoms with Crippen LogP contribution < -0.4 is 4.90 Å². The third kappa shape index (κ3) is 4.68. The van der Waals surface area contributed by atoms with E-state index < -0.39 is 0 Å². The van der Waals surface area contributed by atoms with E-state index in [0.717, 1.165) is 88.7 Å². The van der Waals surface area contributed by atoms with Gasteiger partial charge in [0.05, 0.1) is 5.39 Å². The van der Waals surface area contributed by atoms with Gasteiger partial charge in [-0.1, -0.05) is 84.9 Å². The van der Waals surface area contributed by atoms with Gasteiger partial charge in [0.1, 0.15) is 27.8 Å². The Morgan fingerprint density at radius 1 is 0.418 bits per heavy atom. The van der Waals surface area contributed by atoms with E-state index in [1.807, 2.05) is 65.9 Å². The molecular weight excluding hydrogens is 697 g/mol. The van der Waals surface area contributed by atoms with Crippen molar-refractivity contribution in [3.05, 3.63) is 170 Å². The van der Waals surface area contributed by atoms with E-state index in [1.165, 1.54) is 20.2 Å². The molecule has 258 valence electrons. The Labute approximate surface area is 317 Å². The number of furan rings is 2. The highest BCUT2D eigenvalue weighted by atomic mass is 32.1. The summed E-state index contributed by atoms with van der Waals surface area (Å²) in [6.45, 7) is 0. The lowest BCUT2D eigenvalue weighted by Gasteiger charge is -2.26. The molecule has 0 saturated carbocycles. The van der Waals surface area contributed by atoms with Crippen LogP contribution in [0.15, 0.2) is 183 Å². The summed E-state index contributed by atoms with van der Waals surface area (Å²) < 4.78 is 21.8. The predicted molar refractivity (Wildman–Crippen MR) is 227 cm³/mol. The molecule has 12 rings (SSSR count). The first-order chi connectivity index (χ1) is 27.2. The molecule has 6 heteroatoms. The van der Waals surface area contributed by atoms with Gasteiger partial charge in [-0.25, -0.2) is 4.98 Å². The van der Waals surface area contributed by atoms with E-state index >= 15 is 0 Å². The highest BCUT2D eigenvalue weighted by Gasteiger charge is 2.20. The quantitative estimate of drug-likeness (QED) is 0.177. The molecule has 0 aliphatic carbocycles. The summed E-state index contributed by atoms with van der Waals surface area (Å²) in [6.07, 6.45) is 0. The fraction of sp³-hybridized carbons (Fsp3) is 0. The third-order valence-corrected chi connectivity index (χ3v) is 11.9. The van der Waals surface area contributed by atoms with Crippen LogP contribution in [-0.2, 0) is 0 Å². The minimum Gasteiger partial charge on any atom is -0.456 e. The van der Waals surface area contributed by atoms with Gasteiger partial charge < -0.3 is 18.2 Å². The number of nitrogens with zero attached hydrogens (tertiary/aromatic N) is 2. The average molecular weight is 725 g/mol. The Morgan fingerprint density at radius 3 is 2.04 bits per heavy atom. The fourth-order valence-corrected chi connectivity index (χ4v) is 9.24. The van der Waals surface area contributed by atoms with Crippen LogP contribution in [0.4, 0.5) is 17.1 Å². The predicted octanol–water partition coefficient (Wildman–Crippen LogP) is 14.8. The maximum Gasteiger partial charge on any atom is 0.227 e. The summed E-state index contributed by atoms with van der Waals surface area (Å²) in [4.78, 5) is 7.26. The molecule has 0 N–H and O–H groups in total. The molecule has 0 spiro atoms. The first-order valence-electron chi connectivity index (χ1n) is 18.3. The maximum atomic E-state index is 6.61. The number of para-hydroxylation sites is 2. The summed E-state index contributed by atoms with van der Waals surface area (Å²) in [5.41, 5.74) is 11.0. The molecule has 12 aromatic rings. The summed E-state index contributed by atoms with van der Waals surface area (Å²) in [5.74, 6) is 0.597. The first-order valence-corrected chi connectivity index (χ1v) is 19.1. The van der Waals surface area contributed by atoms with Gasteiger partial charge in [-0.2, -0.15) is 0 Å². The van der Waals surface area contributed by atoms with Gasteiger partial charge in [0, 0.05) is 70.6 Å². The Kier molecular flexibility index (Phi) is 6.44. The second kappa shape index (κ2) is 11.7. The van der Waals surface area contributed by atoms with E-state index in [9.17, 15) is 0 Å². The van der Waals surface area contributed by atoms with E-state index in [1.54, 1.807) is 0 Å². The molecule has 0 aliphatic heterocycles. The number of benzene rings is 8. The molecule has 4 aromatic heterocycles. The van der Waals surface area contributed by atoms with Crippen LogP contribution in [0.1, 0.15) is 0 Å². The molecule has 0 fully saturated rings. The molecule has 4 heterocycles. The molecule has 0 saturated heterocycles. The number of hydrogen-bond acceptors (Lipinski definition) is 6. The van der Waals surface area contributed by atoms with Crippen molar-refractivity contribution in [2.75, 3.05) is 4.90 Å². The zero-order valence-corrected chi connectivity index (χ0v) is 30.0. The lowest BCUT2D eigenvalue weighted by atomic mass is 10.0. The van der Waals surface area contributed by atoms with Crippen molar-refractivity contribution in [1.29, 1.82) is 0 Å². The van der Waals surface area contributed by atoms with E-state index in [4.69, 9.17) is 18.2 Å². The number of hydrogen-bond donors (Lipinski definition) is 0. The van der Waals surface area contributed by atoms with Crippen LogP contribution in [0.25, 0.3) is 97.7 Å². The summed E-state index contributed by atoms with van der Waals surface area (Å²) in [6, 6.07) is 59.2. The summed E-state index contributed by atoms with van der Waals surface area (Å²) >= 11 is 1.83. The molecule has 55 heavy (non-hydrogen) atoms. The van der Waals surface area contributed by atoms with Crippen molar-refractivity contribution < 1.29 is 13.3 Å². The van der Waals surface area contributed by atoms with Gasteiger partial charge in [-0.3, -0.25) is 0 Å². The molecule has 0 amide bonds. The number of anilines is 3. The zero-order chi connectivity index (χ0) is 36.0. The van der Waals surface area contributed by atoms with Crippen LogP contribution in [0.3, 0.4) is 0 Å². The largest absolute Gasteiger partial charge is 0.456 e. The zero-order valence-electron chi connectivity index (χ0n) is 29.2. The monoisotopic (exact) mass is 724 g/mol. The van der Waals surface area contributed by atoms with Gasteiger partial charge in [0.25, 0.3) is 0 Å². The Morgan fingerprint density at radius 2 is 1.13 bits per heavy atom. The highest BCUT2D eigenvalue weighted by Crippen LogP contribution is 2.44. The van der Waals surface area contributed by atoms with Crippen molar-refractivity contribution in [2.24, 2.45) is 0 Å². The number of aromatic nitrogens is 1. The molecule has 5 nitrogen and oxygen atoms in total. The van der Waals surface area contributed by atoms with E-state index in [0.29, 0.717) is 5.89 Å². The lowest BCUT2D eigenvalue weighted by Crippen LogP contribution is -2.09. The molecule has 0 unspecified atom stereocenters. The van der Waals surface area contributed by atoms with Gasteiger partial charge in [0.15, 0.2) is 5.58 Å². The van der Waals surface area contributed by atoms with Gasteiger partial charge in [0.2, 0.25) is 5.89 Å². The fourth-order valence-electron chi connectivity index (χ4n) is 8.15. The minimum atomic E-state index is 0.597. The molecule has 0 aliphatic rings. The van der Waals surface area contributed by atoms with Crippen LogP contribution >= 0.6 is 11.3 Å². The molecule has 0 atom stereocenters. The Balaban J connectivity index is 0.997. The maximum absolute atomic E-state index is 6.61. The molecule has 0 bridgehead atoms. The van der Waals surface area contributed by atoms with Crippen molar-refractivity contribution in [1.82, 2.24) is 4.98 Å². The summed E-state index contributed by atoms with van der Waals surface area (Å²) in [7, 11) is 0. The van der Waals surface area contributed by atoms with Crippen molar-refractivity contribution in [3.63, 3.8) is 0 Å². The second-order valence-electron chi connectivity index (χ2n) is 13.9. The highest BCUT2D eigenvalue weighted by molar-refractivity contribution is 7.25. The van der Waals surface area contributed by atoms with E-state index in [-0.39, 0.29) is 0 Å².